The van der Waals surface area contributed by atoms with Crippen LogP contribution in [0.15, 0.2) is 53.8 Å². The predicted molar refractivity (Wildman–Crippen MR) is 68.9 cm³/mol. The minimum Gasteiger partial charge on any atom is -0.478 e. The van der Waals surface area contributed by atoms with Gasteiger partial charge in [-0.15, -0.1) is 0 Å². The molecule has 2 N–H and O–H groups in total. The number of pyridine rings is 1. The highest BCUT2D eigenvalue weighted by atomic mass is 16.4. The normalized spacial score (nSPS) is 10.4. The van der Waals surface area contributed by atoms with E-state index in [1.165, 1.54) is 12.3 Å². The fourth-order valence-electron chi connectivity index (χ4n) is 1.39. The first-order valence-corrected chi connectivity index (χ1v) is 5.30. The Balaban J connectivity index is 2.11. The molecule has 0 radical (unpaired) electrons. The minimum atomic E-state index is -0.994. The SMILES string of the molecule is O=C(O)c1ccccc1N/N=C/c1ccccn1. The molecule has 0 fully saturated rings. The number of hydrogen-bond acceptors (Lipinski definition) is 4. The fraction of sp³-hybridized carbons (Fsp3) is 0. The predicted octanol–water partition coefficient (Wildman–Crippen LogP) is 2.23. The van der Waals surface area contributed by atoms with Crippen molar-refractivity contribution < 1.29 is 9.90 Å². The first-order chi connectivity index (χ1) is 8.77. The Labute approximate surface area is 104 Å². The average Bonchev–Trinajstić information content (AvgIpc) is 2.40. The number of aromatic nitrogens is 1. The number of anilines is 1. The van der Waals surface area contributed by atoms with Crippen molar-refractivity contribution in [2.75, 3.05) is 5.43 Å². The summed E-state index contributed by atoms with van der Waals surface area (Å²) in [5.74, 6) is -0.994. The maximum absolute atomic E-state index is 11.0. The molecular weight excluding hydrogens is 230 g/mol. The third-order valence-corrected chi connectivity index (χ3v) is 2.23. The molecule has 0 unspecified atom stereocenters. The van der Waals surface area contributed by atoms with Crippen LogP contribution in [0.4, 0.5) is 5.69 Å². The summed E-state index contributed by atoms with van der Waals surface area (Å²) in [4.78, 5) is 15.0. The summed E-state index contributed by atoms with van der Waals surface area (Å²) in [6, 6.07) is 12.0. The number of para-hydroxylation sites is 1. The van der Waals surface area contributed by atoms with Crippen LogP contribution in [-0.2, 0) is 0 Å². The zero-order chi connectivity index (χ0) is 12.8. The fourth-order valence-corrected chi connectivity index (χ4v) is 1.39. The summed E-state index contributed by atoms with van der Waals surface area (Å²) < 4.78 is 0. The van der Waals surface area contributed by atoms with Crippen LogP contribution in [0.2, 0.25) is 0 Å². The van der Waals surface area contributed by atoms with E-state index in [4.69, 9.17) is 5.11 Å². The van der Waals surface area contributed by atoms with E-state index in [0.717, 1.165) is 0 Å². The molecule has 1 heterocycles. The van der Waals surface area contributed by atoms with Gasteiger partial charge >= 0.3 is 5.97 Å². The van der Waals surface area contributed by atoms with Gasteiger partial charge in [0.25, 0.3) is 0 Å². The van der Waals surface area contributed by atoms with E-state index in [1.807, 2.05) is 12.1 Å². The van der Waals surface area contributed by atoms with Gasteiger partial charge < -0.3 is 5.11 Å². The second-order valence-corrected chi connectivity index (χ2v) is 3.48. The molecule has 0 aliphatic rings. The van der Waals surface area contributed by atoms with Crippen LogP contribution >= 0.6 is 0 Å². The van der Waals surface area contributed by atoms with Crippen LogP contribution in [-0.4, -0.2) is 22.3 Å². The summed E-state index contributed by atoms with van der Waals surface area (Å²) in [5, 5.41) is 12.9. The second-order valence-electron chi connectivity index (χ2n) is 3.48. The molecule has 0 atom stereocenters. The van der Waals surface area contributed by atoms with Gasteiger partial charge in [-0.05, 0) is 24.3 Å². The van der Waals surface area contributed by atoms with Gasteiger partial charge in [-0.1, -0.05) is 18.2 Å². The molecule has 5 nitrogen and oxygen atoms in total. The van der Waals surface area contributed by atoms with Gasteiger partial charge in [0.05, 0.1) is 23.2 Å². The van der Waals surface area contributed by atoms with Gasteiger partial charge in [-0.2, -0.15) is 5.10 Å². The Kier molecular flexibility index (Phi) is 3.66. The van der Waals surface area contributed by atoms with Crippen molar-refractivity contribution in [3.05, 3.63) is 59.9 Å². The maximum Gasteiger partial charge on any atom is 0.337 e. The molecule has 0 aliphatic heterocycles. The zero-order valence-corrected chi connectivity index (χ0v) is 9.45. The van der Waals surface area contributed by atoms with E-state index >= 15 is 0 Å². The number of rotatable bonds is 4. The van der Waals surface area contributed by atoms with Crippen LogP contribution in [0, 0.1) is 0 Å². The number of hydrazone groups is 1. The highest BCUT2D eigenvalue weighted by Gasteiger charge is 2.07. The van der Waals surface area contributed by atoms with Gasteiger partial charge in [0.2, 0.25) is 0 Å². The van der Waals surface area contributed by atoms with Crippen LogP contribution in [0.5, 0.6) is 0 Å². The van der Waals surface area contributed by atoms with E-state index in [0.29, 0.717) is 11.4 Å². The number of nitrogens with zero attached hydrogens (tertiary/aromatic N) is 2. The molecule has 5 heteroatoms. The van der Waals surface area contributed by atoms with Gasteiger partial charge in [0.15, 0.2) is 0 Å². The molecule has 0 bridgehead atoms. The number of carboxylic acids is 1. The van der Waals surface area contributed by atoms with Gasteiger partial charge in [0.1, 0.15) is 0 Å². The van der Waals surface area contributed by atoms with Crippen LogP contribution < -0.4 is 5.43 Å². The summed E-state index contributed by atoms with van der Waals surface area (Å²) in [6.07, 6.45) is 3.19. The van der Waals surface area contributed by atoms with E-state index in [-0.39, 0.29) is 5.56 Å². The molecule has 2 aromatic rings. The monoisotopic (exact) mass is 241 g/mol. The van der Waals surface area contributed by atoms with Crippen molar-refractivity contribution in [3.8, 4) is 0 Å². The van der Waals surface area contributed by atoms with Crippen molar-refractivity contribution >= 4 is 17.9 Å². The number of carbonyl (C=O) groups is 1. The van der Waals surface area contributed by atoms with Crippen LogP contribution in [0.3, 0.4) is 0 Å². The van der Waals surface area contributed by atoms with Crippen molar-refractivity contribution in [2.24, 2.45) is 5.10 Å². The van der Waals surface area contributed by atoms with E-state index in [9.17, 15) is 4.79 Å². The molecule has 1 aromatic carbocycles. The number of hydrogen-bond donors (Lipinski definition) is 2. The molecule has 2 rings (SSSR count). The molecule has 18 heavy (non-hydrogen) atoms. The Hall–Kier alpha value is -2.69. The number of nitrogens with one attached hydrogen (secondary N) is 1. The number of aromatic carboxylic acids is 1. The Morgan fingerprint density at radius 2 is 2.00 bits per heavy atom. The lowest BCUT2D eigenvalue weighted by Gasteiger charge is -2.03. The third kappa shape index (κ3) is 2.91. The van der Waals surface area contributed by atoms with Gasteiger partial charge in [-0.25, -0.2) is 4.79 Å². The summed E-state index contributed by atoms with van der Waals surface area (Å²) in [7, 11) is 0. The number of benzene rings is 1. The Morgan fingerprint density at radius 3 is 2.72 bits per heavy atom. The highest BCUT2D eigenvalue weighted by molar-refractivity contribution is 5.94. The lowest BCUT2D eigenvalue weighted by Crippen LogP contribution is -2.02. The summed E-state index contributed by atoms with van der Waals surface area (Å²) in [5.41, 5.74) is 4.00. The van der Waals surface area contributed by atoms with Crippen molar-refractivity contribution in [1.82, 2.24) is 4.98 Å². The molecule has 0 amide bonds. The quantitative estimate of drug-likeness (QED) is 0.635. The molecule has 90 valence electrons. The van der Waals surface area contributed by atoms with Crippen molar-refractivity contribution in [3.63, 3.8) is 0 Å². The minimum absolute atomic E-state index is 0.177. The van der Waals surface area contributed by atoms with Crippen molar-refractivity contribution in [1.29, 1.82) is 0 Å². The molecule has 0 aliphatic carbocycles. The van der Waals surface area contributed by atoms with Crippen LogP contribution in [0.25, 0.3) is 0 Å². The lowest BCUT2D eigenvalue weighted by atomic mass is 10.2. The average molecular weight is 241 g/mol. The van der Waals surface area contributed by atoms with E-state index in [1.54, 1.807) is 30.5 Å². The third-order valence-electron chi connectivity index (χ3n) is 2.23. The largest absolute Gasteiger partial charge is 0.478 e. The molecular formula is C13H11N3O2. The Bertz CT molecular complexity index is 567. The second kappa shape index (κ2) is 5.58. The molecule has 0 spiro atoms. The summed E-state index contributed by atoms with van der Waals surface area (Å²) >= 11 is 0. The van der Waals surface area contributed by atoms with Crippen molar-refractivity contribution in [2.45, 2.75) is 0 Å². The standard InChI is InChI=1S/C13H11N3O2/c17-13(18)11-6-1-2-7-12(11)16-15-9-10-5-3-4-8-14-10/h1-9,16H,(H,17,18)/b15-9+. The molecule has 0 saturated heterocycles. The summed E-state index contributed by atoms with van der Waals surface area (Å²) in [6.45, 7) is 0. The first-order valence-electron chi connectivity index (χ1n) is 5.30. The van der Waals surface area contributed by atoms with Crippen LogP contribution in [0.1, 0.15) is 16.1 Å². The smallest absolute Gasteiger partial charge is 0.337 e. The van der Waals surface area contributed by atoms with Gasteiger partial charge in [0, 0.05) is 6.20 Å². The zero-order valence-electron chi connectivity index (χ0n) is 9.45. The first kappa shape index (κ1) is 11.8. The highest BCUT2D eigenvalue weighted by Crippen LogP contribution is 2.14. The topological polar surface area (TPSA) is 74.6 Å². The van der Waals surface area contributed by atoms with E-state index in [2.05, 4.69) is 15.5 Å². The molecule has 0 saturated carbocycles. The maximum atomic E-state index is 11.0. The van der Waals surface area contributed by atoms with Gasteiger partial charge in [-0.3, -0.25) is 10.4 Å². The van der Waals surface area contributed by atoms with E-state index < -0.39 is 5.97 Å². The Morgan fingerprint density at radius 1 is 1.22 bits per heavy atom. The number of carboxylic acid groups (broad SMARTS) is 1. The molecule has 1 aromatic heterocycles. The lowest BCUT2D eigenvalue weighted by molar-refractivity contribution is 0.0698.